The zero-order chi connectivity index (χ0) is 15.3. The van der Waals surface area contributed by atoms with Gasteiger partial charge in [-0.05, 0) is 28.1 Å². The van der Waals surface area contributed by atoms with Gasteiger partial charge in [-0.2, -0.15) is 0 Å². The largest absolute Gasteiger partial charge is 0.383 e. The zero-order valence-electron chi connectivity index (χ0n) is 11.8. The Kier molecular flexibility index (Phi) is 2.87. The first-order valence-electron chi connectivity index (χ1n) is 6.76. The molecule has 3 aromatic heterocycles. The third kappa shape index (κ3) is 1.80. The standard InChI is InChI=1S/C16H12BrN5/c1-22-14(17)12(13-15(18)20-8-21-16(13)22)10-6-9-4-2-3-5-11(9)19-7-10/h2-8H,1H3,(H2,18,20,21). The van der Waals surface area contributed by atoms with Crippen molar-refractivity contribution in [2.24, 2.45) is 7.05 Å². The fourth-order valence-corrected chi connectivity index (χ4v) is 3.31. The molecule has 0 atom stereocenters. The smallest absolute Gasteiger partial charge is 0.146 e. The Balaban J connectivity index is 2.10. The number of fused-ring (bicyclic) bond motifs is 2. The number of nitrogen functional groups attached to an aromatic ring is 1. The van der Waals surface area contributed by atoms with Crippen molar-refractivity contribution in [3.05, 3.63) is 47.5 Å². The third-order valence-corrected chi connectivity index (χ3v) is 4.73. The molecule has 6 heteroatoms. The van der Waals surface area contributed by atoms with E-state index in [4.69, 9.17) is 5.73 Å². The van der Waals surface area contributed by atoms with E-state index in [1.165, 1.54) is 6.33 Å². The van der Waals surface area contributed by atoms with Gasteiger partial charge in [0.2, 0.25) is 0 Å². The molecule has 0 aliphatic rings. The number of rotatable bonds is 1. The molecular formula is C16H12BrN5. The molecule has 0 spiro atoms. The predicted molar refractivity (Wildman–Crippen MR) is 91.4 cm³/mol. The lowest BCUT2D eigenvalue weighted by Crippen LogP contribution is -1.94. The van der Waals surface area contributed by atoms with E-state index in [0.717, 1.165) is 37.7 Å². The second kappa shape index (κ2) is 4.78. The van der Waals surface area contributed by atoms with Gasteiger partial charge in [-0.1, -0.05) is 18.2 Å². The van der Waals surface area contributed by atoms with Crippen LogP contribution >= 0.6 is 15.9 Å². The van der Waals surface area contributed by atoms with Crippen molar-refractivity contribution in [2.75, 3.05) is 5.73 Å². The van der Waals surface area contributed by atoms with E-state index in [0.29, 0.717) is 5.82 Å². The summed E-state index contributed by atoms with van der Waals surface area (Å²) in [6, 6.07) is 10.1. The number of hydrogen-bond acceptors (Lipinski definition) is 4. The predicted octanol–water partition coefficient (Wildman–Crippen LogP) is 3.53. The maximum absolute atomic E-state index is 6.08. The van der Waals surface area contributed by atoms with Crippen molar-refractivity contribution >= 4 is 43.7 Å². The summed E-state index contributed by atoms with van der Waals surface area (Å²) in [6.45, 7) is 0. The normalized spacial score (nSPS) is 11.4. The van der Waals surface area contributed by atoms with Gasteiger partial charge in [0.1, 0.15) is 17.8 Å². The van der Waals surface area contributed by atoms with Crippen LogP contribution in [0.2, 0.25) is 0 Å². The van der Waals surface area contributed by atoms with Gasteiger partial charge < -0.3 is 10.3 Å². The molecule has 1 aromatic carbocycles. The van der Waals surface area contributed by atoms with Gasteiger partial charge in [0, 0.05) is 29.8 Å². The van der Waals surface area contributed by atoms with Gasteiger partial charge in [0.05, 0.1) is 15.5 Å². The van der Waals surface area contributed by atoms with E-state index in [2.05, 4.69) is 36.9 Å². The van der Waals surface area contributed by atoms with Crippen molar-refractivity contribution in [1.29, 1.82) is 0 Å². The Labute approximate surface area is 135 Å². The molecule has 0 saturated heterocycles. The molecule has 0 aliphatic carbocycles. The molecule has 0 aliphatic heterocycles. The number of para-hydroxylation sites is 1. The van der Waals surface area contributed by atoms with Gasteiger partial charge >= 0.3 is 0 Å². The van der Waals surface area contributed by atoms with Crippen LogP contribution in [-0.4, -0.2) is 19.5 Å². The number of anilines is 1. The third-order valence-electron chi connectivity index (χ3n) is 3.80. The van der Waals surface area contributed by atoms with Crippen molar-refractivity contribution in [2.45, 2.75) is 0 Å². The van der Waals surface area contributed by atoms with Crippen LogP contribution in [0.5, 0.6) is 0 Å². The Bertz CT molecular complexity index is 1020. The number of hydrogen-bond donors (Lipinski definition) is 1. The minimum Gasteiger partial charge on any atom is -0.383 e. The van der Waals surface area contributed by atoms with Crippen molar-refractivity contribution < 1.29 is 0 Å². The minimum atomic E-state index is 0.467. The molecule has 2 N–H and O–H groups in total. The fourth-order valence-electron chi connectivity index (χ4n) is 2.72. The SMILES string of the molecule is Cn1c(Br)c(-c2cnc3ccccc3c2)c2c(N)ncnc21. The second-order valence-corrected chi connectivity index (χ2v) is 5.85. The van der Waals surface area contributed by atoms with Crippen molar-refractivity contribution in [3.8, 4) is 11.1 Å². The minimum absolute atomic E-state index is 0.467. The zero-order valence-corrected chi connectivity index (χ0v) is 13.4. The van der Waals surface area contributed by atoms with Crippen LogP contribution in [0.1, 0.15) is 0 Å². The van der Waals surface area contributed by atoms with Crippen LogP contribution in [0, 0.1) is 0 Å². The Morgan fingerprint density at radius 3 is 2.82 bits per heavy atom. The number of aryl methyl sites for hydroxylation is 1. The first kappa shape index (κ1) is 13.2. The van der Waals surface area contributed by atoms with E-state index in [1.807, 2.05) is 42.1 Å². The summed E-state index contributed by atoms with van der Waals surface area (Å²) in [5, 5.41) is 1.92. The number of nitrogens with zero attached hydrogens (tertiary/aromatic N) is 4. The lowest BCUT2D eigenvalue weighted by molar-refractivity contribution is 0.920. The lowest BCUT2D eigenvalue weighted by atomic mass is 10.1. The van der Waals surface area contributed by atoms with E-state index in [1.54, 1.807) is 0 Å². The summed E-state index contributed by atoms with van der Waals surface area (Å²) in [6.07, 6.45) is 3.33. The molecule has 0 fully saturated rings. The van der Waals surface area contributed by atoms with Crippen LogP contribution in [0.25, 0.3) is 33.1 Å². The molecule has 4 rings (SSSR count). The highest BCUT2D eigenvalue weighted by Crippen LogP contribution is 2.39. The summed E-state index contributed by atoms with van der Waals surface area (Å²) in [7, 11) is 1.94. The van der Waals surface area contributed by atoms with Crippen LogP contribution in [0.3, 0.4) is 0 Å². The van der Waals surface area contributed by atoms with E-state index in [-0.39, 0.29) is 0 Å². The topological polar surface area (TPSA) is 69.6 Å². The second-order valence-electron chi connectivity index (χ2n) is 5.10. The summed E-state index contributed by atoms with van der Waals surface area (Å²) in [5.74, 6) is 0.467. The molecule has 0 amide bonds. The molecule has 3 heterocycles. The first-order valence-corrected chi connectivity index (χ1v) is 7.55. The Morgan fingerprint density at radius 1 is 1.14 bits per heavy atom. The van der Waals surface area contributed by atoms with Crippen molar-refractivity contribution in [3.63, 3.8) is 0 Å². The number of halogens is 1. The van der Waals surface area contributed by atoms with Gasteiger partial charge in [0.25, 0.3) is 0 Å². The van der Waals surface area contributed by atoms with Gasteiger partial charge in [-0.25, -0.2) is 9.97 Å². The lowest BCUT2D eigenvalue weighted by Gasteiger charge is -2.04. The molecule has 0 bridgehead atoms. The molecule has 0 unspecified atom stereocenters. The van der Waals surface area contributed by atoms with Crippen LogP contribution in [0.15, 0.2) is 47.5 Å². The molecule has 5 nitrogen and oxygen atoms in total. The maximum atomic E-state index is 6.08. The summed E-state index contributed by atoms with van der Waals surface area (Å²) >= 11 is 3.64. The maximum Gasteiger partial charge on any atom is 0.146 e. The highest BCUT2D eigenvalue weighted by Gasteiger charge is 2.19. The quantitative estimate of drug-likeness (QED) is 0.568. The monoisotopic (exact) mass is 353 g/mol. The van der Waals surface area contributed by atoms with E-state index in [9.17, 15) is 0 Å². The number of nitrogens with two attached hydrogens (primary N) is 1. The Morgan fingerprint density at radius 2 is 1.95 bits per heavy atom. The molecule has 0 saturated carbocycles. The van der Waals surface area contributed by atoms with E-state index >= 15 is 0 Å². The highest BCUT2D eigenvalue weighted by atomic mass is 79.9. The average molecular weight is 354 g/mol. The highest BCUT2D eigenvalue weighted by molar-refractivity contribution is 9.10. The van der Waals surface area contributed by atoms with Gasteiger partial charge in [-0.3, -0.25) is 4.98 Å². The van der Waals surface area contributed by atoms with Crippen molar-refractivity contribution in [1.82, 2.24) is 19.5 Å². The van der Waals surface area contributed by atoms with Crippen LogP contribution in [-0.2, 0) is 7.05 Å². The fraction of sp³-hybridized carbons (Fsp3) is 0.0625. The average Bonchev–Trinajstić information content (AvgIpc) is 2.80. The molecule has 22 heavy (non-hydrogen) atoms. The summed E-state index contributed by atoms with van der Waals surface area (Å²) in [5.41, 5.74) is 9.79. The van der Waals surface area contributed by atoms with Crippen LogP contribution < -0.4 is 5.73 Å². The molecule has 108 valence electrons. The van der Waals surface area contributed by atoms with Crippen LogP contribution in [0.4, 0.5) is 5.82 Å². The number of pyridine rings is 1. The van der Waals surface area contributed by atoms with Gasteiger partial charge in [0.15, 0.2) is 0 Å². The molecule has 0 radical (unpaired) electrons. The molecule has 4 aromatic rings. The van der Waals surface area contributed by atoms with E-state index < -0.39 is 0 Å². The summed E-state index contributed by atoms with van der Waals surface area (Å²) < 4.78 is 2.87. The van der Waals surface area contributed by atoms with Gasteiger partial charge in [-0.15, -0.1) is 0 Å². The first-order chi connectivity index (χ1) is 10.7. The number of aromatic nitrogens is 4. The molecular weight excluding hydrogens is 342 g/mol. The summed E-state index contributed by atoms with van der Waals surface area (Å²) in [4.78, 5) is 13.0. The Hall–Kier alpha value is -2.47. The number of benzene rings is 1.